The number of benzene rings is 2. The van der Waals surface area contributed by atoms with Crippen molar-refractivity contribution in [1.29, 1.82) is 0 Å². The predicted molar refractivity (Wildman–Crippen MR) is 119 cm³/mol. The number of thiazole rings is 1. The molecular formula is C24H25N3O3S. The van der Waals surface area contributed by atoms with E-state index in [1.54, 1.807) is 11.3 Å². The van der Waals surface area contributed by atoms with Crippen molar-refractivity contribution in [3.8, 4) is 10.9 Å². The van der Waals surface area contributed by atoms with E-state index in [2.05, 4.69) is 33.0 Å². The van der Waals surface area contributed by atoms with Crippen molar-refractivity contribution in [1.82, 2.24) is 14.8 Å². The zero-order valence-electron chi connectivity index (χ0n) is 17.3. The molecule has 3 fully saturated rings. The number of carbonyl (C=O) groups excluding carboxylic acids is 1. The molecule has 6 rings (SSSR count). The first-order chi connectivity index (χ1) is 15.2. The number of amides is 1. The summed E-state index contributed by atoms with van der Waals surface area (Å²) in [6.07, 6.45) is 1.97. The number of likely N-dealkylation sites (tertiary alicyclic amines) is 2. The van der Waals surface area contributed by atoms with Crippen LogP contribution in [-0.2, 0) is 16.1 Å². The molecule has 2 aromatic carbocycles. The zero-order valence-corrected chi connectivity index (χ0v) is 18.1. The van der Waals surface area contributed by atoms with Crippen molar-refractivity contribution in [2.75, 3.05) is 26.3 Å². The van der Waals surface area contributed by atoms with Crippen molar-refractivity contribution in [3.63, 3.8) is 0 Å². The number of rotatable bonds is 5. The predicted octanol–water partition coefficient (Wildman–Crippen LogP) is 3.91. The van der Waals surface area contributed by atoms with Gasteiger partial charge in [0.25, 0.3) is 5.19 Å². The number of hydrogen-bond donors (Lipinski definition) is 0. The van der Waals surface area contributed by atoms with Gasteiger partial charge in [0.05, 0.1) is 22.7 Å². The minimum Gasteiger partial charge on any atom is -0.431 e. The molecule has 3 aromatic rings. The molecule has 1 aromatic heterocycles. The molecule has 2 bridgehead atoms. The summed E-state index contributed by atoms with van der Waals surface area (Å²) in [4.78, 5) is 21.9. The zero-order chi connectivity index (χ0) is 20.8. The van der Waals surface area contributed by atoms with Gasteiger partial charge in [0.15, 0.2) is 0 Å². The lowest BCUT2D eigenvalue weighted by molar-refractivity contribution is -0.137. The first-order valence-electron chi connectivity index (χ1n) is 11.0. The summed E-state index contributed by atoms with van der Waals surface area (Å²) in [5, 5.41) is 0.670. The fraction of sp³-hybridized carbons (Fsp3) is 0.417. The van der Waals surface area contributed by atoms with Gasteiger partial charge in [-0.15, -0.1) is 0 Å². The van der Waals surface area contributed by atoms with E-state index in [9.17, 15) is 4.79 Å². The third kappa shape index (κ3) is 3.71. The molecule has 31 heavy (non-hydrogen) atoms. The van der Waals surface area contributed by atoms with E-state index in [1.165, 1.54) is 5.56 Å². The van der Waals surface area contributed by atoms with Crippen LogP contribution in [0.15, 0.2) is 48.5 Å². The second-order valence-corrected chi connectivity index (χ2v) is 9.71. The molecule has 3 unspecified atom stereocenters. The third-order valence-electron chi connectivity index (χ3n) is 6.70. The number of hydrogen-bond acceptors (Lipinski definition) is 6. The van der Waals surface area contributed by atoms with Crippen LogP contribution in [0.5, 0.6) is 10.9 Å². The quantitative estimate of drug-likeness (QED) is 0.608. The number of para-hydroxylation sites is 1. The van der Waals surface area contributed by atoms with E-state index in [1.807, 2.05) is 30.3 Å². The topological polar surface area (TPSA) is 54.9 Å². The maximum absolute atomic E-state index is 12.8. The highest BCUT2D eigenvalue weighted by molar-refractivity contribution is 7.20. The van der Waals surface area contributed by atoms with E-state index in [-0.39, 0.29) is 5.92 Å². The first kappa shape index (κ1) is 19.2. The van der Waals surface area contributed by atoms with Gasteiger partial charge in [-0.05, 0) is 42.7 Å². The van der Waals surface area contributed by atoms with Crippen molar-refractivity contribution in [2.45, 2.75) is 31.5 Å². The molecule has 0 saturated carbocycles. The molecule has 3 aliphatic rings. The lowest BCUT2D eigenvalue weighted by Gasteiger charge is -2.35. The van der Waals surface area contributed by atoms with Crippen LogP contribution in [0.1, 0.15) is 18.4 Å². The summed E-state index contributed by atoms with van der Waals surface area (Å²) in [6.45, 7) is 4.06. The van der Waals surface area contributed by atoms with Crippen LogP contribution in [0.25, 0.3) is 10.2 Å². The Morgan fingerprint density at radius 1 is 1.13 bits per heavy atom. The van der Waals surface area contributed by atoms with Crippen LogP contribution in [0.4, 0.5) is 0 Å². The van der Waals surface area contributed by atoms with Crippen LogP contribution in [-0.4, -0.2) is 59.1 Å². The molecule has 6 nitrogen and oxygen atoms in total. The van der Waals surface area contributed by atoms with Crippen LogP contribution in [0, 0.1) is 5.92 Å². The summed E-state index contributed by atoms with van der Waals surface area (Å²) < 4.78 is 12.5. The Hall–Kier alpha value is -2.48. The monoisotopic (exact) mass is 435 g/mol. The molecule has 160 valence electrons. The molecule has 0 aliphatic carbocycles. The van der Waals surface area contributed by atoms with Gasteiger partial charge in [0.2, 0.25) is 5.91 Å². The molecule has 4 heterocycles. The molecule has 7 heteroatoms. The van der Waals surface area contributed by atoms with Crippen molar-refractivity contribution in [3.05, 3.63) is 54.1 Å². The van der Waals surface area contributed by atoms with Crippen LogP contribution in [0.3, 0.4) is 0 Å². The fourth-order valence-corrected chi connectivity index (χ4v) is 5.90. The van der Waals surface area contributed by atoms with E-state index in [4.69, 9.17) is 9.47 Å². The standard InChI is InChI=1S/C24H25N3O3S/c28-23(17-9-10-29-15-17)27-14-18-11-19(27)13-26(18)12-16-5-7-20(8-6-16)30-24-25-21-3-1-2-4-22(21)31-24/h1-8,17-19H,9-15H2. The SMILES string of the molecule is O=C(C1CCOC1)N1CC2CC1CN2Cc1ccc(Oc2nc3ccccc3s2)cc1. The van der Waals surface area contributed by atoms with Crippen LogP contribution >= 0.6 is 11.3 Å². The Kier molecular flexibility index (Phi) is 4.89. The highest BCUT2D eigenvalue weighted by Gasteiger charge is 2.46. The Morgan fingerprint density at radius 3 is 2.74 bits per heavy atom. The smallest absolute Gasteiger partial charge is 0.279 e. The summed E-state index contributed by atoms with van der Waals surface area (Å²) >= 11 is 1.56. The molecule has 0 radical (unpaired) electrons. The lowest BCUT2D eigenvalue weighted by atomic mass is 10.1. The maximum atomic E-state index is 12.8. The van der Waals surface area contributed by atoms with Gasteiger partial charge in [-0.25, -0.2) is 4.98 Å². The highest BCUT2D eigenvalue weighted by Crippen LogP contribution is 2.35. The summed E-state index contributed by atoms with van der Waals surface area (Å²) in [5.74, 6) is 1.19. The Morgan fingerprint density at radius 2 is 2.00 bits per heavy atom. The Labute approximate surface area is 185 Å². The van der Waals surface area contributed by atoms with Gasteiger partial charge in [0, 0.05) is 38.3 Å². The van der Waals surface area contributed by atoms with Crippen LogP contribution in [0.2, 0.25) is 0 Å². The molecule has 3 aliphatic heterocycles. The average Bonchev–Trinajstić information content (AvgIpc) is 3.57. The molecule has 3 atom stereocenters. The molecule has 0 spiro atoms. The van der Waals surface area contributed by atoms with Gasteiger partial charge in [0.1, 0.15) is 5.75 Å². The third-order valence-corrected chi connectivity index (χ3v) is 7.62. The van der Waals surface area contributed by atoms with E-state index < -0.39 is 0 Å². The molecule has 0 N–H and O–H groups in total. The lowest BCUT2D eigenvalue weighted by Crippen LogP contribution is -2.50. The van der Waals surface area contributed by atoms with Crippen LogP contribution < -0.4 is 4.74 Å². The maximum Gasteiger partial charge on any atom is 0.279 e. The number of fused-ring (bicyclic) bond motifs is 3. The first-order valence-corrected chi connectivity index (χ1v) is 11.8. The van der Waals surface area contributed by atoms with E-state index >= 15 is 0 Å². The Balaban J connectivity index is 1.06. The average molecular weight is 436 g/mol. The minimum absolute atomic E-state index is 0.0794. The normalized spacial score (nSPS) is 25.5. The van der Waals surface area contributed by atoms with Gasteiger partial charge in [-0.2, -0.15) is 0 Å². The second kappa shape index (κ2) is 7.89. The second-order valence-electron chi connectivity index (χ2n) is 8.72. The number of carbonyl (C=O) groups is 1. The Bertz CT molecular complexity index is 1060. The molecule has 3 saturated heterocycles. The summed E-state index contributed by atoms with van der Waals surface area (Å²) in [5.41, 5.74) is 2.24. The molecular weight excluding hydrogens is 410 g/mol. The van der Waals surface area contributed by atoms with E-state index in [0.717, 1.165) is 55.0 Å². The largest absolute Gasteiger partial charge is 0.431 e. The van der Waals surface area contributed by atoms with Gasteiger partial charge >= 0.3 is 0 Å². The van der Waals surface area contributed by atoms with Gasteiger partial charge in [-0.3, -0.25) is 9.69 Å². The number of nitrogens with zero attached hydrogens (tertiary/aromatic N) is 3. The molecule has 1 amide bonds. The van der Waals surface area contributed by atoms with Crippen molar-refractivity contribution in [2.24, 2.45) is 5.92 Å². The summed E-state index contributed by atoms with van der Waals surface area (Å²) in [7, 11) is 0. The highest BCUT2D eigenvalue weighted by atomic mass is 32.1. The summed E-state index contributed by atoms with van der Waals surface area (Å²) in [6, 6.07) is 17.2. The number of aromatic nitrogens is 1. The number of ether oxygens (including phenoxy) is 2. The van der Waals surface area contributed by atoms with E-state index in [0.29, 0.717) is 29.8 Å². The minimum atomic E-state index is 0.0794. The van der Waals surface area contributed by atoms with Crippen molar-refractivity contribution >= 4 is 27.5 Å². The van der Waals surface area contributed by atoms with Gasteiger partial charge < -0.3 is 14.4 Å². The van der Waals surface area contributed by atoms with Crippen molar-refractivity contribution < 1.29 is 14.3 Å². The number of piperazine rings is 1. The fourth-order valence-electron chi connectivity index (χ4n) is 5.07. The van der Waals surface area contributed by atoms with Gasteiger partial charge in [-0.1, -0.05) is 35.6 Å².